The van der Waals surface area contributed by atoms with Crippen molar-refractivity contribution in [1.29, 1.82) is 0 Å². The van der Waals surface area contributed by atoms with Crippen LogP contribution >= 0.6 is 11.3 Å². The molecule has 2 aliphatic carbocycles. The highest BCUT2D eigenvalue weighted by atomic mass is 32.1. The van der Waals surface area contributed by atoms with Gasteiger partial charge in [-0.2, -0.15) is 0 Å². The van der Waals surface area contributed by atoms with Crippen molar-refractivity contribution in [2.75, 3.05) is 19.0 Å². The SMILES string of the molecule is CNCc1sc(N(C)C2CCCCC2C)nc1C1CC1. The Labute approximate surface area is 126 Å². The van der Waals surface area contributed by atoms with Crippen molar-refractivity contribution >= 4 is 16.5 Å². The van der Waals surface area contributed by atoms with E-state index in [-0.39, 0.29) is 0 Å². The summed E-state index contributed by atoms with van der Waals surface area (Å²) >= 11 is 1.91. The van der Waals surface area contributed by atoms with Crippen LogP contribution in [0.3, 0.4) is 0 Å². The fourth-order valence-corrected chi connectivity index (χ4v) is 4.66. The lowest BCUT2D eigenvalue weighted by molar-refractivity contribution is 0.321. The Morgan fingerprint density at radius 1 is 1.25 bits per heavy atom. The van der Waals surface area contributed by atoms with Crippen molar-refractivity contribution in [3.8, 4) is 0 Å². The van der Waals surface area contributed by atoms with Gasteiger partial charge in [-0.25, -0.2) is 4.98 Å². The molecule has 0 bridgehead atoms. The summed E-state index contributed by atoms with van der Waals surface area (Å²) in [6.07, 6.45) is 8.16. The third kappa shape index (κ3) is 2.86. The van der Waals surface area contributed by atoms with Crippen molar-refractivity contribution in [2.45, 2.75) is 64.0 Å². The highest BCUT2D eigenvalue weighted by Gasteiger charge is 2.32. The van der Waals surface area contributed by atoms with Gasteiger partial charge in [0.2, 0.25) is 0 Å². The standard InChI is InChI=1S/C16H27N3S/c1-11-6-4-5-7-13(11)19(3)16-18-15(12-8-9-12)14(20-16)10-17-2/h11-13,17H,4-10H2,1-3H3. The van der Waals surface area contributed by atoms with E-state index in [4.69, 9.17) is 4.98 Å². The van der Waals surface area contributed by atoms with Crippen LogP contribution in [0.25, 0.3) is 0 Å². The molecule has 1 aromatic heterocycles. The predicted molar refractivity (Wildman–Crippen MR) is 86.7 cm³/mol. The van der Waals surface area contributed by atoms with Crippen molar-refractivity contribution in [2.24, 2.45) is 5.92 Å². The van der Waals surface area contributed by atoms with Crippen LogP contribution in [0.1, 0.15) is 61.9 Å². The van der Waals surface area contributed by atoms with E-state index in [1.54, 1.807) is 0 Å². The molecule has 2 saturated carbocycles. The molecule has 0 aromatic carbocycles. The normalized spacial score (nSPS) is 26.8. The molecule has 0 amide bonds. The maximum Gasteiger partial charge on any atom is 0.185 e. The van der Waals surface area contributed by atoms with Crippen molar-refractivity contribution in [1.82, 2.24) is 10.3 Å². The molecule has 0 radical (unpaired) electrons. The van der Waals surface area contributed by atoms with E-state index in [9.17, 15) is 0 Å². The van der Waals surface area contributed by atoms with Gasteiger partial charge in [0.1, 0.15) is 0 Å². The van der Waals surface area contributed by atoms with Crippen molar-refractivity contribution in [3.63, 3.8) is 0 Å². The van der Waals surface area contributed by atoms with E-state index in [1.807, 2.05) is 18.4 Å². The molecule has 4 heteroatoms. The Hall–Kier alpha value is -0.610. The van der Waals surface area contributed by atoms with Gasteiger partial charge in [0.05, 0.1) is 5.69 Å². The minimum Gasteiger partial charge on any atom is -0.348 e. The highest BCUT2D eigenvalue weighted by Crippen LogP contribution is 2.44. The smallest absolute Gasteiger partial charge is 0.185 e. The molecule has 2 fully saturated rings. The summed E-state index contributed by atoms with van der Waals surface area (Å²) in [5, 5.41) is 4.55. The van der Waals surface area contributed by atoms with E-state index in [0.29, 0.717) is 6.04 Å². The van der Waals surface area contributed by atoms with Crippen LogP contribution in [0.15, 0.2) is 0 Å². The van der Waals surface area contributed by atoms with Gasteiger partial charge in [0, 0.05) is 30.4 Å². The number of aromatic nitrogens is 1. The highest BCUT2D eigenvalue weighted by molar-refractivity contribution is 7.15. The molecule has 2 unspecified atom stereocenters. The molecule has 0 spiro atoms. The van der Waals surface area contributed by atoms with Crippen molar-refractivity contribution < 1.29 is 0 Å². The molecule has 0 saturated heterocycles. The Morgan fingerprint density at radius 2 is 2.00 bits per heavy atom. The zero-order valence-corrected chi connectivity index (χ0v) is 13.8. The quantitative estimate of drug-likeness (QED) is 0.896. The first-order valence-electron chi connectivity index (χ1n) is 8.07. The first-order valence-corrected chi connectivity index (χ1v) is 8.89. The lowest BCUT2D eigenvalue weighted by Gasteiger charge is -2.36. The monoisotopic (exact) mass is 293 g/mol. The van der Waals surface area contributed by atoms with Crippen LogP contribution in [-0.4, -0.2) is 25.1 Å². The first kappa shape index (κ1) is 14.3. The molecule has 0 aliphatic heterocycles. The van der Waals surface area contributed by atoms with Crippen LogP contribution in [0.5, 0.6) is 0 Å². The third-order valence-electron chi connectivity index (χ3n) is 4.88. The largest absolute Gasteiger partial charge is 0.348 e. The zero-order chi connectivity index (χ0) is 14.1. The number of nitrogens with one attached hydrogen (secondary N) is 1. The minimum atomic E-state index is 0.685. The van der Waals surface area contributed by atoms with E-state index in [2.05, 4.69) is 24.2 Å². The van der Waals surface area contributed by atoms with Gasteiger partial charge in [-0.3, -0.25) is 0 Å². The van der Waals surface area contributed by atoms with E-state index in [1.165, 1.54) is 54.2 Å². The predicted octanol–water partition coefficient (Wildman–Crippen LogP) is 3.75. The number of thiazole rings is 1. The number of hydrogen-bond acceptors (Lipinski definition) is 4. The van der Waals surface area contributed by atoms with E-state index < -0.39 is 0 Å². The number of nitrogens with zero attached hydrogens (tertiary/aromatic N) is 2. The average molecular weight is 293 g/mol. The second kappa shape index (κ2) is 6.02. The summed E-state index contributed by atoms with van der Waals surface area (Å²) in [7, 11) is 4.29. The topological polar surface area (TPSA) is 28.2 Å². The second-order valence-electron chi connectivity index (χ2n) is 6.55. The Balaban J connectivity index is 1.79. The molecular weight excluding hydrogens is 266 g/mol. The Bertz CT molecular complexity index is 453. The van der Waals surface area contributed by atoms with Crippen LogP contribution < -0.4 is 10.2 Å². The van der Waals surface area contributed by atoms with Gasteiger partial charge in [0.15, 0.2) is 5.13 Å². The molecule has 20 heavy (non-hydrogen) atoms. The van der Waals surface area contributed by atoms with E-state index >= 15 is 0 Å². The molecule has 1 heterocycles. The average Bonchev–Trinajstić information content (AvgIpc) is 3.20. The number of anilines is 1. The van der Waals surface area contributed by atoms with Gasteiger partial charge in [-0.1, -0.05) is 19.8 Å². The van der Waals surface area contributed by atoms with Crippen LogP contribution in [0.2, 0.25) is 0 Å². The summed E-state index contributed by atoms with van der Waals surface area (Å²) in [5.74, 6) is 1.55. The maximum atomic E-state index is 5.00. The molecule has 1 N–H and O–H groups in total. The molecule has 1 aromatic rings. The van der Waals surface area contributed by atoms with Gasteiger partial charge in [-0.15, -0.1) is 11.3 Å². The van der Waals surface area contributed by atoms with Crippen LogP contribution in [0.4, 0.5) is 5.13 Å². The molecule has 3 nitrogen and oxygen atoms in total. The van der Waals surface area contributed by atoms with Crippen LogP contribution in [-0.2, 0) is 6.54 Å². The summed E-state index contributed by atoms with van der Waals surface area (Å²) < 4.78 is 0. The summed E-state index contributed by atoms with van der Waals surface area (Å²) in [5.41, 5.74) is 1.38. The number of hydrogen-bond donors (Lipinski definition) is 1. The summed E-state index contributed by atoms with van der Waals surface area (Å²) in [6, 6.07) is 0.685. The minimum absolute atomic E-state index is 0.685. The molecule has 2 atom stereocenters. The zero-order valence-electron chi connectivity index (χ0n) is 13.0. The van der Waals surface area contributed by atoms with Crippen molar-refractivity contribution in [3.05, 3.63) is 10.6 Å². The Kier molecular flexibility index (Phi) is 4.32. The molecule has 112 valence electrons. The lowest BCUT2D eigenvalue weighted by atomic mass is 9.85. The fourth-order valence-electron chi connectivity index (χ4n) is 3.48. The summed E-state index contributed by atoms with van der Waals surface area (Å²) in [6.45, 7) is 3.38. The third-order valence-corrected chi connectivity index (χ3v) is 6.04. The van der Waals surface area contributed by atoms with Gasteiger partial charge in [-0.05, 0) is 38.6 Å². The molecule has 2 aliphatic rings. The maximum absolute atomic E-state index is 5.00. The number of rotatable bonds is 5. The first-order chi connectivity index (χ1) is 9.70. The summed E-state index contributed by atoms with van der Waals surface area (Å²) in [4.78, 5) is 8.94. The lowest BCUT2D eigenvalue weighted by Crippen LogP contribution is -2.38. The molecular formula is C16H27N3S. The Morgan fingerprint density at radius 3 is 2.65 bits per heavy atom. The van der Waals surface area contributed by atoms with Gasteiger partial charge in [0.25, 0.3) is 0 Å². The van der Waals surface area contributed by atoms with Crippen LogP contribution in [0, 0.1) is 5.92 Å². The van der Waals surface area contributed by atoms with Gasteiger partial charge >= 0.3 is 0 Å². The molecule has 3 rings (SSSR count). The van der Waals surface area contributed by atoms with E-state index in [0.717, 1.165) is 18.4 Å². The fraction of sp³-hybridized carbons (Fsp3) is 0.812. The second-order valence-corrected chi connectivity index (χ2v) is 7.61. The van der Waals surface area contributed by atoms with Gasteiger partial charge < -0.3 is 10.2 Å².